The monoisotopic (exact) mass is 338 g/mol. The Balaban J connectivity index is 0.00000220. The lowest BCUT2D eigenvalue weighted by atomic mass is 9.99. The predicted molar refractivity (Wildman–Crippen MR) is 80.7 cm³/mol. The third-order valence-corrected chi connectivity index (χ3v) is 4.91. The van der Waals surface area contributed by atoms with Crippen molar-refractivity contribution in [2.75, 3.05) is 26.8 Å². The van der Waals surface area contributed by atoms with E-state index in [0.717, 1.165) is 25.5 Å². The molecule has 120 valence electrons. The van der Waals surface area contributed by atoms with Crippen molar-refractivity contribution in [3.8, 4) is 0 Å². The lowest BCUT2D eigenvalue weighted by molar-refractivity contribution is 0.122. The maximum absolute atomic E-state index is 13.6. The van der Waals surface area contributed by atoms with Gasteiger partial charge in [-0.15, -0.1) is 12.4 Å². The molecular weight excluding hydrogens is 319 g/mol. The highest BCUT2D eigenvalue weighted by Gasteiger charge is 2.35. The fourth-order valence-corrected chi connectivity index (χ4v) is 3.65. The highest BCUT2D eigenvalue weighted by atomic mass is 35.5. The van der Waals surface area contributed by atoms with Gasteiger partial charge in [-0.05, 0) is 31.5 Å². The van der Waals surface area contributed by atoms with E-state index in [1.807, 2.05) is 0 Å². The number of hydrogen-bond acceptors (Lipinski definition) is 4. The van der Waals surface area contributed by atoms with Crippen LogP contribution in [0.1, 0.15) is 12.8 Å². The Labute approximate surface area is 130 Å². The zero-order valence-electron chi connectivity index (χ0n) is 11.8. The van der Waals surface area contributed by atoms with Crippen LogP contribution in [0.3, 0.4) is 0 Å². The number of sulfonamides is 1. The molecule has 5 nitrogen and oxygen atoms in total. The van der Waals surface area contributed by atoms with E-state index in [-0.39, 0.29) is 23.8 Å². The van der Waals surface area contributed by atoms with Gasteiger partial charge >= 0.3 is 0 Å². The number of halogens is 2. The van der Waals surface area contributed by atoms with Gasteiger partial charge in [0.15, 0.2) is 0 Å². The first-order valence-corrected chi connectivity index (χ1v) is 7.96. The van der Waals surface area contributed by atoms with Gasteiger partial charge < -0.3 is 10.1 Å². The molecule has 1 aromatic rings. The van der Waals surface area contributed by atoms with E-state index < -0.39 is 21.4 Å². The van der Waals surface area contributed by atoms with E-state index in [1.54, 1.807) is 7.11 Å². The molecule has 1 aliphatic rings. The molecule has 1 heterocycles. The molecule has 0 aliphatic carbocycles. The lowest BCUT2D eigenvalue weighted by Crippen LogP contribution is -2.52. The Hall–Kier alpha value is -0.730. The molecule has 1 fully saturated rings. The second kappa shape index (κ2) is 7.51. The molecule has 0 saturated carbocycles. The van der Waals surface area contributed by atoms with Crippen LogP contribution in [-0.2, 0) is 14.8 Å². The number of hydrogen-bond donors (Lipinski definition) is 2. The summed E-state index contributed by atoms with van der Waals surface area (Å²) >= 11 is 0. The molecule has 0 spiro atoms. The Morgan fingerprint density at radius 1 is 1.43 bits per heavy atom. The van der Waals surface area contributed by atoms with E-state index in [9.17, 15) is 12.8 Å². The van der Waals surface area contributed by atoms with Crippen molar-refractivity contribution in [3.05, 3.63) is 30.1 Å². The molecule has 2 rings (SSSR count). The van der Waals surface area contributed by atoms with Crippen LogP contribution in [0.5, 0.6) is 0 Å². The highest BCUT2D eigenvalue weighted by molar-refractivity contribution is 7.89. The van der Waals surface area contributed by atoms with Gasteiger partial charge in [-0.3, -0.25) is 0 Å². The number of ether oxygens (including phenoxy) is 1. The van der Waals surface area contributed by atoms with E-state index in [1.165, 1.54) is 18.2 Å². The number of methoxy groups -OCH3 is 1. The average molecular weight is 339 g/mol. The molecule has 1 atom stereocenters. The molecule has 0 amide bonds. The molecule has 8 heteroatoms. The fraction of sp³-hybridized carbons (Fsp3) is 0.538. The lowest BCUT2D eigenvalue weighted by Gasteiger charge is -2.28. The molecule has 1 unspecified atom stereocenters. The topological polar surface area (TPSA) is 67.4 Å². The van der Waals surface area contributed by atoms with Crippen molar-refractivity contribution in [1.29, 1.82) is 0 Å². The normalized spacial score (nSPS) is 22.0. The van der Waals surface area contributed by atoms with E-state index in [2.05, 4.69) is 10.0 Å². The van der Waals surface area contributed by atoms with Crippen molar-refractivity contribution < 1.29 is 17.5 Å². The van der Waals surface area contributed by atoms with Gasteiger partial charge in [-0.25, -0.2) is 17.5 Å². The zero-order valence-corrected chi connectivity index (χ0v) is 13.4. The van der Waals surface area contributed by atoms with Crippen LogP contribution >= 0.6 is 12.4 Å². The fourth-order valence-electron chi connectivity index (χ4n) is 2.44. The SMILES string of the molecule is COCC1(CNS(=O)(=O)c2ccccc2F)CCCN1.Cl. The number of rotatable bonds is 6. The van der Waals surface area contributed by atoms with E-state index in [0.29, 0.717) is 6.61 Å². The summed E-state index contributed by atoms with van der Waals surface area (Å²) in [6, 6.07) is 5.34. The first kappa shape index (κ1) is 18.3. The maximum atomic E-state index is 13.6. The Bertz CT molecular complexity index is 562. The largest absolute Gasteiger partial charge is 0.383 e. The summed E-state index contributed by atoms with van der Waals surface area (Å²) in [5.74, 6) is -0.750. The van der Waals surface area contributed by atoms with Gasteiger partial charge in [-0.1, -0.05) is 12.1 Å². The van der Waals surface area contributed by atoms with Crippen LogP contribution in [0, 0.1) is 5.82 Å². The summed E-state index contributed by atoms with van der Waals surface area (Å²) in [5.41, 5.74) is -0.410. The molecule has 2 N–H and O–H groups in total. The van der Waals surface area contributed by atoms with Gasteiger partial charge in [-0.2, -0.15) is 0 Å². The molecule has 0 bridgehead atoms. The van der Waals surface area contributed by atoms with Crippen LogP contribution in [0.2, 0.25) is 0 Å². The predicted octanol–water partition coefficient (Wildman–Crippen LogP) is 1.29. The quantitative estimate of drug-likeness (QED) is 0.820. The second-order valence-electron chi connectivity index (χ2n) is 5.00. The summed E-state index contributed by atoms with van der Waals surface area (Å²) in [6.07, 6.45) is 1.78. The van der Waals surface area contributed by atoms with Gasteiger partial charge in [0.05, 0.1) is 12.1 Å². The first-order valence-electron chi connectivity index (χ1n) is 6.47. The van der Waals surface area contributed by atoms with Gasteiger partial charge in [0.25, 0.3) is 0 Å². The Morgan fingerprint density at radius 3 is 2.71 bits per heavy atom. The zero-order chi connectivity index (χ0) is 14.6. The standard InChI is InChI=1S/C13H19FN2O3S.ClH/c1-19-10-13(7-4-8-15-13)9-16-20(17,18)12-6-3-2-5-11(12)14;/h2-3,5-6,15-16H,4,7-10H2,1H3;1H. The molecule has 1 saturated heterocycles. The minimum atomic E-state index is -3.86. The summed E-state index contributed by atoms with van der Waals surface area (Å²) in [7, 11) is -2.28. The third kappa shape index (κ3) is 4.37. The van der Waals surface area contributed by atoms with Crippen molar-refractivity contribution >= 4 is 22.4 Å². The van der Waals surface area contributed by atoms with Gasteiger partial charge in [0.1, 0.15) is 10.7 Å². The van der Waals surface area contributed by atoms with Crippen LogP contribution in [0.25, 0.3) is 0 Å². The van der Waals surface area contributed by atoms with Crippen molar-refractivity contribution in [2.24, 2.45) is 0 Å². The molecule has 1 aromatic carbocycles. The molecule has 1 aliphatic heterocycles. The third-order valence-electron chi connectivity index (χ3n) is 3.48. The summed E-state index contributed by atoms with van der Waals surface area (Å²) < 4.78 is 45.5. The maximum Gasteiger partial charge on any atom is 0.243 e. The van der Waals surface area contributed by atoms with E-state index >= 15 is 0 Å². The first-order chi connectivity index (χ1) is 9.49. The minimum absolute atomic E-state index is 0. The van der Waals surface area contributed by atoms with E-state index in [4.69, 9.17) is 4.74 Å². The molecule has 21 heavy (non-hydrogen) atoms. The Morgan fingerprint density at radius 2 is 2.14 bits per heavy atom. The smallest absolute Gasteiger partial charge is 0.243 e. The molecule has 0 radical (unpaired) electrons. The Kier molecular flexibility index (Phi) is 6.55. The molecule has 0 aromatic heterocycles. The van der Waals surface area contributed by atoms with Gasteiger partial charge in [0, 0.05) is 13.7 Å². The highest BCUT2D eigenvalue weighted by Crippen LogP contribution is 2.20. The summed E-state index contributed by atoms with van der Waals surface area (Å²) in [6.45, 7) is 1.41. The van der Waals surface area contributed by atoms with Gasteiger partial charge in [0.2, 0.25) is 10.0 Å². The van der Waals surface area contributed by atoms with Crippen LogP contribution in [0.4, 0.5) is 4.39 Å². The second-order valence-corrected chi connectivity index (χ2v) is 6.73. The van der Waals surface area contributed by atoms with Crippen LogP contribution < -0.4 is 10.0 Å². The molecular formula is C13H20ClFN2O3S. The minimum Gasteiger partial charge on any atom is -0.383 e. The summed E-state index contributed by atoms with van der Waals surface area (Å²) in [5, 5.41) is 3.26. The van der Waals surface area contributed by atoms with Crippen molar-refractivity contribution in [2.45, 2.75) is 23.3 Å². The number of nitrogens with one attached hydrogen (secondary N) is 2. The summed E-state index contributed by atoms with van der Waals surface area (Å²) in [4.78, 5) is -0.328. The van der Waals surface area contributed by atoms with Crippen LogP contribution in [-0.4, -0.2) is 40.8 Å². The van der Waals surface area contributed by atoms with Crippen LogP contribution in [0.15, 0.2) is 29.2 Å². The van der Waals surface area contributed by atoms with Crippen molar-refractivity contribution in [1.82, 2.24) is 10.0 Å². The number of benzene rings is 1. The van der Waals surface area contributed by atoms with Crippen molar-refractivity contribution in [3.63, 3.8) is 0 Å². The average Bonchev–Trinajstić information content (AvgIpc) is 2.87.